The van der Waals surface area contributed by atoms with E-state index in [2.05, 4.69) is 20.8 Å². The highest BCUT2D eigenvalue weighted by atomic mass is 16.6. The fraction of sp³-hybridized carbons (Fsp3) is 0.556. The fourth-order valence-electron chi connectivity index (χ4n) is 2.65. The number of ether oxygens (including phenoxy) is 2. The Labute approximate surface area is 197 Å². The standard InChI is InChI=1S/C19H23NO4.4C2H6/c1-12-9-14(20(21)22)10-13(2)18(12)24-15-7-8-17(23-6)16(11-15)19(3,4)5;4*1-2/h7-11H,1-6H3;4*1-2H3. The van der Waals surface area contributed by atoms with Gasteiger partial charge < -0.3 is 9.47 Å². The van der Waals surface area contributed by atoms with Gasteiger partial charge >= 0.3 is 0 Å². The summed E-state index contributed by atoms with van der Waals surface area (Å²) in [5, 5.41) is 11.0. The van der Waals surface area contributed by atoms with Gasteiger partial charge in [0.25, 0.3) is 5.69 Å². The Kier molecular flexibility index (Phi) is 19.2. The van der Waals surface area contributed by atoms with Gasteiger partial charge in [-0.15, -0.1) is 0 Å². The SMILES string of the molecule is CC.CC.CC.CC.COc1ccc(Oc2c(C)cc([N+](=O)[O-])cc2C)cc1C(C)(C)C. The van der Waals surface area contributed by atoms with Gasteiger partial charge in [-0.25, -0.2) is 0 Å². The average molecular weight is 450 g/mol. The zero-order valence-electron chi connectivity index (χ0n) is 23.0. The molecule has 2 aromatic carbocycles. The number of benzene rings is 2. The van der Waals surface area contributed by atoms with E-state index in [4.69, 9.17) is 9.47 Å². The molecule has 0 amide bonds. The van der Waals surface area contributed by atoms with E-state index < -0.39 is 4.92 Å². The Morgan fingerprint density at radius 2 is 1.25 bits per heavy atom. The quantitative estimate of drug-likeness (QED) is 0.344. The lowest BCUT2D eigenvalue weighted by molar-refractivity contribution is -0.385. The molecule has 0 heterocycles. The van der Waals surface area contributed by atoms with Crippen LogP contribution in [0.1, 0.15) is 92.9 Å². The number of non-ortho nitro benzene ring substituents is 1. The summed E-state index contributed by atoms with van der Waals surface area (Å²) in [6.45, 7) is 25.9. The lowest BCUT2D eigenvalue weighted by atomic mass is 9.86. The van der Waals surface area contributed by atoms with Crippen molar-refractivity contribution < 1.29 is 14.4 Å². The average Bonchev–Trinajstić information content (AvgIpc) is 2.80. The maximum atomic E-state index is 11.0. The van der Waals surface area contributed by atoms with Gasteiger partial charge in [-0.3, -0.25) is 10.1 Å². The monoisotopic (exact) mass is 449 g/mol. The van der Waals surface area contributed by atoms with Crippen molar-refractivity contribution in [3.05, 3.63) is 57.1 Å². The molecule has 0 unspecified atom stereocenters. The van der Waals surface area contributed by atoms with E-state index in [0.717, 1.165) is 22.4 Å². The van der Waals surface area contributed by atoms with Crippen LogP contribution in [-0.4, -0.2) is 12.0 Å². The molecule has 2 rings (SSSR count). The van der Waals surface area contributed by atoms with Crippen LogP contribution < -0.4 is 9.47 Å². The van der Waals surface area contributed by atoms with E-state index in [1.807, 2.05) is 87.4 Å². The van der Waals surface area contributed by atoms with Crippen molar-refractivity contribution in [3.63, 3.8) is 0 Å². The Morgan fingerprint density at radius 1 is 0.812 bits per heavy atom. The fourth-order valence-corrected chi connectivity index (χ4v) is 2.65. The molecule has 0 radical (unpaired) electrons. The van der Waals surface area contributed by atoms with Crippen LogP contribution in [0, 0.1) is 24.0 Å². The summed E-state index contributed by atoms with van der Waals surface area (Å²) in [7, 11) is 1.65. The lowest BCUT2D eigenvalue weighted by Crippen LogP contribution is -2.12. The van der Waals surface area contributed by atoms with Gasteiger partial charge in [-0.05, 0) is 48.6 Å². The Bertz CT molecular complexity index is 755. The maximum Gasteiger partial charge on any atom is 0.270 e. The molecule has 5 nitrogen and oxygen atoms in total. The highest BCUT2D eigenvalue weighted by Crippen LogP contribution is 2.37. The molecular weight excluding hydrogens is 402 g/mol. The molecule has 2 aromatic rings. The van der Waals surface area contributed by atoms with Crippen molar-refractivity contribution >= 4 is 5.69 Å². The number of nitrogens with zero attached hydrogens (tertiary/aromatic N) is 1. The van der Waals surface area contributed by atoms with Crippen LogP contribution in [0.15, 0.2) is 30.3 Å². The second kappa shape index (κ2) is 18.1. The minimum absolute atomic E-state index is 0.0717. The van der Waals surface area contributed by atoms with Crippen LogP contribution in [-0.2, 0) is 5.41 Å². The van der Waals surface area contributed by atoms with Gasteiger partial charge in [-0.2, -0.15) is 0 Å². The first-order valence-corrected chi connectivity index (χ1v) is 11.8. The number of nitro groups is 1. The third-order valence-corrected chi connectivity index (χ3v) is 3.85. The van der Waals surface area contributed by atoms with Gasteiger partial charge in [0, 0.05) is 17.7 Å². The summed E-state index contributed by atoms with van der Waals surface area (Å²) in [6, 6.07) is 8.73. The number of hydrogen-bond donors (Lipinski definition) is 0. The Balaban J connectivity index is -0.000000945. The van der Waals surface area contributed by atoms with E-state index in [-0.39, 0.29) is 11.1 Å². The first-order valence-electron chi connectivity index (χ1n) is 11.8. The minimum Gasteiger partial charge on any atom is -0.496 e. The maximum absolute atomic E-state index is 11.0. The molecule has 5 heteroatoms. The van der Waals surface area contributed by atoms with E-state index in [9.17, 15) is 10.1 Å². The summed E-state index contributed by atoms with van der Waals surface area (Å²) in [6.07, 6.45) is 0. The first kappa shape index (κ1) is 34.1. The van der Waals surface area contributed by atoms with Gasteiger partial charge in [0.05, 0.1) is 12.0 Å². The van der Waals surface area contributed by atoms with Crippen LogP contribution >= 0.6 is 0 Å². The predicted molar refractivity (Wildman–Crippen MR) is 140 cm³/mol. The smallest absolute Gasteiger partial charge is 0.270 e. The molecule has 0 saturated carbocycles. The molecule has 0 atom stereocenters. The van der Waals surface area contributed by atoms with Gasteiger partial charge in [0.15, 0.2) is 0 Å². The summed E-state index contributed by atoms with van der Waals surface area (Å²) in [4.78, 5) is 10.6. The Morgan fingerprint density at radius 3 is 1.59 bits per heavy atom. The summed E-state index contributed by atoms with van der Waals surface area (Å²) in [5.74, 6) is 2.14. The van der Waals surface area contributed by atoms with Gasteiger partial charge in [0.1, 0.15) is 17.2 Å². The van der Waals surface area contributed by atoms with E-state index in [0.29, 0.717) is 11.5 Å². The third kappa shape index (κ3) is 10.7. The molecule has 32 heavy (non-hydrogen) atoms. The second-order valence-corrected chi connectivity index (χ2v) is 6.88. The summed E-state index contributed by atoms with van der Waals surface area (Å²) < 4.78 is 11.5. The van der Waals surface area contributed by atoms with E-state index in [1.165, 1.54) is 12.1 Å². The molecule has 0 aliphatic carbocycles. The summed E-state index contributed by atoms with van der Waals surface area (Å²) >= 11 is 0. The van der Waals surface area contributed by atoms with Crippen LogP contribution in [0.4, 0.5) is 5.69 Å². The number of aryl methyl sites for hydroxylation is 2. The largest absolute Gasteiger partial charge is 0.496 e. The highest BCUT2D eigenvalue weighted by Gasteiger charge is 2.20. The number of rotatable bonds is 4. The van der Waals surface area contributed by atoms with Crippen LogP contribution in [0.2, 0.25) is 0 Å². The zero-order valence-corrected chi connectivity index (χ0v) is 23.0. The molecular formula is C27H47NO4. The number of hydrogen-bond acceptors (Lipinski definition) is 4. The normalized spacial score (nSPS) is 9.19. The van der Waals surface area contributed by atoms with Gasteiger partial charge in [-0.1, -0.05) is 76.2 Å². The first-order chi connectivity index (χ1) is 15.1. The second-order valence-electron chi connectivity index (χ2n) is 6.88. The van der Waals surface area contributed by atoms with E-state index >= 15 is 0 Å². The molecule has 0 aliphatic heterocycles. The van der Waals surface area contributed by atoms with Crippen LogP contribution in [0.5, 0.6) is 17.2 Å². The molecule has 0 fully saturated rings. The zero-order chi connectivity index (χ0) is 26.1. The number of methoxy groups -OCH3 is 1. The molecule has 184 valence electrons. The van der Waals surface area contributed by atoms with Crippen molar-refractivity contribution in [2.75, 3.05) is 7.11 Å². The summed E-state index contributed by atoms with van der Waals surface area (Å²) in [5.41, 5.74) is 2.48. The molecule has 0 aliphatic rings. The van der Waals surface area contributed by atoms with Gasteiger partial charge in [0.2, 0.25) is 0 Å². The number of nitro benzene ring substituents is 1. The lowest BCUT2D eigenvalue weighted by Gasteiger charge is -2.23. The van der Waals surface area contributed by atoms with Crippen molar-refractivity contribution in [2.45, 2.75) is 95.4 Å². The Hall–Kier alpha value is -2.56. The van der Waals surface area contributed by atoms with Crippen LogP contribution in [0.3, 0.4) is 0 Å². The highest BCUT2D eigenvalue weighted by molar-refractivity contribution is 5.52. The molecule has 0 N–H and O–H groups in total. The van der Waals surface area contributed by atoms with Crippen molar-refractivity contribution in [1.82, 2.24) is 0 Å². The topological polar surface area (TPSA) is 61.6 Å². The van der Waals surface area contributed by atoms with Crippen molar-refractivity contribution in [2.24, 2.45) is 0 Å². The van der Waals surface area contributed by atoms with Crippen molar-refractivity contribution in [3.8, 4) is 17.2 Å². The minimum atomic E-state index is -0.394. The molecule has 0 saturated heterocycles. The van der Waals surface area contributed by atoms with E-state index in [1.54, 1.807) is 7.11 Å². The van der Waals surface area contributed by atoms with Crippen LogP contribution in [0.25, 0.3) is 0 Å². The molecule has 0 bridgehead atoms. The predicted octanol–water partition coefficient (Wildman–Crippen LogP) is 9.41. The molecule has 0 spiro atoms. The molecule has 0 aromatic heterocycles. The third-order valence-electron chi connectivity index (χ3n) is 3.85. The van der Waals surface area contributed by atoms with Crippen molar-refractivity contribution in [1.29, 1.82) is 0 Å².